The van der Waals surface area contributed by atoms with Gasteiger partial charge < -0.3 is 20.1 Å². The van der Waals surface area contributed by atoms with E-state index in [0.717, 1.165) is 17.9 Å². The molecule has 0 spiro atoms. The van der Waals surface area contributed by atoms with Gasteiger partial charge in [-0.1, -0.05) is 6.07 Å². The average molecular weight is 306 g/mol. The fourth-order valence-corrected chi connectivity index (χ4v) is 3.12. The van der Waals surface area contributed by atoms with E-state index in [1.807, 2.05) is 6.07 Å². The van der Waals surface area contributed by atoms with Gasteiger partial charge in [-0.2, -0.15) is 0 Å². The third kappa shape index (κ3) is 4.20. The maximum Gasteiger partial charge on any atom is 0.120 e. The van der Waals surface area contributed by atoms with Gasteiger partial charge in [-0.15, -0.1) is 11.3 Å². The molecule has 0 aliphatic heterocycles. The Hall–Kier alpha value is -1.56. The highest BCUT2D eigenvalue weighted by molar-refractivity contribution is 7.10. The molecule has 0 radical (unpaired) electrons. The smallest absolute Gasteiger partial charge is 0.120 e. The average Bonchev–Trinajstić information content (AvgIpc) is 2.98. The molecule has 0 bridgehead atoms. The van der Waals surface area contributed by atoms with Gasteiger partial charge in [0.2, 0.25) is 0 Å². The molecule has 114 valence electrons. The minimum absolute atomic E-state index is 0.292. The van der Waals surface area contributed by atoms with E-state index in [4.69, 9.17) is 4.74 Å². The molecule has 1 aromatic heterocycles. The number of hydrogen-bond acceptors (Lipinski definition) is 5. The van der Waals surface area contributed by atoms with Crippen LogP contribution >= 0.6 is 11.3 Å². The molecule has 0 amide bonds. The van der Waals surface area contributed by atoms with Crippen LogP contribution in [0.4, 0.5) is 0 Å². The first kappa shape index (κ1) is 15.8. The van der Waals surface area contributed by atoms with Crippen LogP contribution in [-0.4, -0.2) is 37.8 Å². The van der Waals surface area contributed by atoms with Crippen molar-refractivity contribution in [2.75, 3.05) is 27.7 Å². The Labute approximate surface area is 130 Å². The van der Waals surface area contributed by atoms with Crippen LogP contribution in [0.5, 0.6) is 11.5 Å². The lowest BCUT2D eigenvalue weighted by atomic mass is 10.1. The zero-order valence-corrected chi connectivity index (χ0v) is 13.5. The highest BCUT2D eigenvalue weighted by atomic mass is 32.1. The summed E-state index contributed by atoms with van der Waals surface area (Å²) in [7, 11) is 5.78. The Morgan fingerprint density at radius 2 is 2.14 bits per heavy atom. The van der Waals surface area contributed by atoms with Crippen molar-refractivity contribution in [3.8, 4) is 11.5 Å². The van der Waals surface area contributed by atoms with Crippen LogP contribution in [0.3, 0.4) is 0 Å². The lowest BCUT2D eigenvalue weighted by molar-refractivity contribution is 0.292. The van der Waals surface area contributed by atoms with Crippen LogP contribution in [0, 0.1) is 0 Å². The van der Waals surface area contributed by atoms with Gasteiger partial charge in [0.25, 0.3) is 0 Å². The van der Waals surface area contributed by atoms with Crippen LogP contribution in [-0.2, 0) is 6.54 Å². The molecule has 1 unspecified atom stereocenters. The second kappa shape index (κ2) is 7.45. The zero-order valence-electron chi connectivity index (χ0n) is 12.7. The zero-order chi connectivity index (χ0) is 15.2. The molecular formula is C16H22N2O2S. The Morgan fingerprint density at radius 1 is 1.33 bits per heavy atom. The first-order chi connectivity index (χ1) is 10.1. The molecule has 4 nitrogen and oxygen atoms in total. The normalized spacial score (nSPS) is 12.6. The van der Waals surface area contributed by atoms with Gasteiger partial charge in [0.05, 0.1) is 13.2 Å². The molecule has 0 saturated heterocycles. The van der Waals surface area contributed by atoms with E-state index in [2.05, 4.69) is 41.8 Å². The molecule has 1 heterocycles. The Kier molecular flexibility index (Phi) is 5.61. The highest BCUT2D eigenvalue weighted by Gasteiger charge is 2.14. The molecule has 21 heavy (non-hydrogen) atoms. The Balaban J connectivity index is 1.96. The van der Waals surface area contributed by atoms with E-state index >= 15 is 0 Å². The summed E-state index contributed by atoms with van der Waals surface area (Å²) in [6.45, 7) is 1.43. The SMILES string of the molecule is COc1ccc(O)c(CNCC(c2cccs2)N(C)C)c1. The number of rotatable bonds is 7. The predicted octanol–water partition coefficient (Wildman–Crippen LogP) is 2.85. The molecule has 0 aliphatic rings. The third-order valence-corrected chi connectivity index (χ3v) is 4.41. The second-order valence-corrected chi connectivity index (χ2v) is 6.10. The van der Waals surface area contributed by atoms with Crippen molar-refractivity contribution < 1.29 is 9.84 Å². The molecule has 2 N–H and O–H groups in total. The molecular weight excluding hydrogens is 284 g/mol. The number of thiophene rings is 1. The maximum atomic E-state index is 9.88. The van der Waals surface area contributed by atoms with Crippen molar-refractivity contribution in [2.24, 2.45) is 0 Å². The van der Waals surface area contributed by atoms with E-state index in [0.29, 0.717) is 18.3 Å². The molecule has 2 rings (SSSR count). The molecule has 0 aliphatic carbocycles. The number of nitrogens with one attached hydrogen (secondary N) is 1. The summed E-state index contributed by atoms with van der Waals surface area (Å²) >= 11 is 1.76. The van der Waals surface area contributed by atoms with Gasteiger partial charge in [-0.05, 0) is 43.7 Å². The number of ether oxygens (including phenoxy) is 1. The first-order valence-corrected chi connectivity index (χ1v) is 7.76. The molecule has 2 aromatic rings. The largest absolute Gasteiger partial charge is 0.508 e. The molecule has 1 aromatic carbocycles. The minimum atomic E-state index is 0.292. The maximum absolute atomic E-state index is 9.88. The summed E-state index contributed by atoms with van der Waals surface area (Å²) in [6.07, 6.45) is 0. The number of aromatic hydroxyl groups is 1. The van der Waals surface area contributed by atoms with Gasteiger partial charge in [-0.3, -0.25) is 0 Å². The fourth-order valence-electron chi connectivity index (χ4n) is 2.19. The van der Waals surface area contributed by atoms with Gasteiger partial charge in [0.15, 0.2) is 0 Å². The van der Waals surface area contributed by atoms with Crippen molar-refractivity contribution in [2.45, 2.75) is 12.6 Å². The van der Waals surface area contributed by atoms with Gasteiger partial charge >= 0.3 is 0 Å². The van der Waals surface area contributed by atoms with Crippen LogP contribution in [0.2, 0.25) is 0 Å². The summed E-state index contributed by atoms with van der Waals surface area (Å²) in [4.78, 5) is 3.53. The second-order valence-electron chi connectivity index (χ2n) is 5.12. The van der Waals surface area contributed by atoms with Crippen LogP contribution in [0.1, 0.15) is 16.5 Å². The van der Waals surface area contributed by atoms with Gasteiger partial charge in [0, 0.05) is 23.5 Å². The van der Waals surface area contributed by atoms with E-state index in [1.54, 1.807) is 30.6 Å². The first-order valence-electron chi connectivity index (χ1n) is 6.88. The topological polar surface area (TPSA) is 44.7 Å². The van der Waals surface area contributed by atoms with Crippen molar-refractivity contribution in [1.29, 1.82) is 0 Å². The van der Waals surface area contributed by atoms with Crippen molar-refractivity contribution >= 4 is 11.3 Å². The summed E-state index contributed by atoms with van der Waals surface area (Å²) < 4.78 is 5.19. The molecule has 1 atom stereocenters. The Bertz CT molecular complexity index is 555. The van der Waals surface area contributed by atoms with Crippen molar-refractivity contribution in [3.05, 3.63) is 46.2 Å². The minimum Gasteiger partial charge on any atom is -0.508 e. The number of nitrogens with zero attached hydrogens (tertiary/aromatic N) is 1. The molecule has 0 saturated carbocycles. The van der Waals surface area contributed by atoms with E-state index in [-0.39, 0.29) is 0 Å². The van der Waals surface area contributed by atoms with E-state index in [1.165, 1.54) is 4.88 Å². The standard InChI is InChI=1S/C16H22N2O2S/c1-18(2)14(16-5-4-8-21-16)11-17-10-12-9-13(20-3)6-7-15(12)19/h4-9,14,17,19H,10-11H2,1-3H3. The summed E-state index contributed by atoms with van der Waals surface area (Å²) in [5.74, 6) is 1.05. The summed E-state index contributed by atoms with van der Waals surface area (Å²) in [5, 5.41) is 15.4. The monoisotopic (exact) mass is 306 g/mol. The lowest BCUT2D eigenvalue weighted by Gasteiger charge is -2.23. The predicted molar refractivity (Wildman–Crippen MR) is 87.1 cm³/mol. The summed E-state index contributed by atoms with van der Waals surface area (Å²) in [6, 6.07) is 9.84. The lowest BCUT2D eigenvalue weighted by Crippen LogP contribution is -2.30. The molecule has 5 heteroatoms. The number of phenolic OH excluding ortho intramolecular Hbond substituents is 1. The van der Waals surface area contributed by atoms with Crippen molar-refractivity contribution in [3.63, 3.8) is 0 Å². The number of phenols is 1. The van der Waals surface area contributed by atoms with E-state index < -0.39 is 0 Å². The van der Waals surface area contributed by atoms with E-state index in [9.17, 15) is 5.11 Å². The highest BCUT2D eigenvalue weighted by Crippen LogP contribution is 2.24. The van der Waals surface area contributed by atoms with Gasteiger partial charge in [-0.25, -0.2) is 0 Å². The van der Waals surface area contributed by atoms with Gasteiger partial charge in [0.1, 0.15) is 11.5 Å². The van der Waals surface area contributed by atoms with Crippen LogP contribution < -0.4 is 10.1 Å². The fraction of sp³-hybridized carbons (Fsp3) is 0.375. The number of methoxy groups -OCH3 is 1. The number of benzene rings is 1. The quantitative estimate of drug-likeness (QED) is 0.825. The van der Waals surface area contributed by atoms with Crippen molar-refractivity contribution in [1.82, 2.24) is 10.2 Å². The van der Waals surface area contributed by atoms with Crippen LogP contribution in [0.25, 0.3) is 0 Å². The summed E-state index contributed by atoms with van der Waals surface area (Å²) in [5.41, 5.74) is 0.845. The molecule has 0 fully saturated rings. The third-order valence-electron chi connectivity index (χ3n) is 3.43. The number of likely N-dealkylation sites (N-methyl/N-ethyl adjacent to an activating group) is 1. The Morgan fingerprint density at radius 3 is 2.76 bits per heavy atom. The number of hydrogen-bond donors (Lipinski definition) is 2. The van der Waals surface area contributed by atoms with Crippen LogP contribution in [0.15, 0.2) is 35.7 Å².